The smallest absolute Gasteiger partial charge is 0.344 e. The van der Waals surface area contributed by atoms with Gasteiger partial charge in [0.15, 0.2) is 11.1 Å². The third-order valence-electron chi connectivity index (χ3n) is 6.72. The van der Waals surface area contributed by atoms with Crippen molar-refractivity contribution in [1.29, 1.82) is 0 Å². The number of hydrogen-bond donors (Lipinski definition) is 2. The molecule has 0 aliphatic carbocycles. The molecular formula is C26H31N5O5S3. The summed E-state index contributed by atoms with van der Waals surface area (Å²) in [5, 5.41) is 11.4. The number of rotatable bonds is 10. The third kappa shape index (κ3) is 6.06. The lowest BCUT2D eigenvalue weighted by atomic mass is 10.2. The normalized spacial score (nSPS) is 19.1. The van der Waals surface area contributed by atoms with Crippen molar-refractivity contribution in [3.63, 3.8) is 0 Å². The van der Waals surface area contributed by atoms with Gasteiger partial charge in [-0.15, -0.1) is 0 Å². The van der Waals surface area contributed by atoms with Crippen LogP contribution >= 0.6 is 23.5 Å². The lowest BCUT2D eigenvalue weighted by Crippen LogP contribution is -2.37. The van der Waals surface area contributed by atoms with E-state index in [1.165, 1.54) is 19.3 Å². The molecule has 2 aromatic heterocycles. The van der Waals surface area contributed by atoms with Crippen LogP contribution in [-0.2, 0) is 14.8 Å². The predicted octanol–water partition coefficient (Wildman–Crippen LogP) is 3.54. The maximum absolute atomic E-state index is 13.4. The molecule has 0 saturated carbocycles. The number of pyridine rings is 1. The summed E-state index contributed by atoms with van der Waals surface area (Å²) in [4.78, 5) is 26.3. The van der Waals surface area contributed by atoms with Gasteiger partial charge in [0.25, 0.3) is 10.0 Å². The van der Waals surface area contributed by atoms with Crippen LogP contribution in [-0.4, -0.2) is 95.5 Å². The van der Waals surface area contributed by atoms with Gasteiger partial charge in [-0.05, 0) is 30.7 Å². The van der Waals surface area contributed by atoms with Crippen molar-refractivity contribution in [3.05, 3.63) is 48.3 Å². The minimum Gasteiger partial charge on any atom is -0.479 e. The van der Waals surface area contributed by atoms with Gasteiger partial charge in [-0.25, -0.2) is 9.78 Å². The summed E-state index contributed by atoms with van der Waals surface area (Å²) >= 11 is 3.72. The highest BCUT2D eigenvalue weighted by Gasteiger charge is 2.29. The average Bonchev–Trinajstić information content (AvgIpc) is 3.59. The van der Waals surface area contributed by atoms with Crippen LogP contribution < -0.4 is 9.04 Å². The van der Waals surface area contributed by atoms with E-state index in [2.05, 4.69) is 14.9 Å². The Hall–Kier alpha value is -2.74. The van der Waals surface area contributed by atoms with Gasteiger partial charge in [0, 0.05) is 61.1 Å². The van der Waals surface area contributed by atoms with Crippen LogP contribution in [0.25, 0.3) is 10.9 Å². The number of aliphatic carboxylic acids is 1. The highest BCUT2D eigenvalue weighted by atomic mass is 32.2. The number of benzene rings is 1. The highest BCUT2D eigenvalue weighted by molar-refractivity contribution is 8.15. The molecule has 1 fully saturated rings. The van der Waals surface area contributed by atoms with Crippen molar-refractivity contribution >= 4 is 61.2 Å². The van der Waals surface area contributed by atoms with Crippen molar-refractivity contribution < 1.29 is 23.1 Å². The molecule has 4 heterocycles. The van der Waals surface area contributed by atoms with Crippen molar-refractivity contribution in [2.45, 2.75) is 29.7 Å². The molecule has 208 valence electrons. The molecular weight excluding hydrogens is 559 g/mol. The minimum atomic E-state index is -4.00. The monoisotopic (exact) mass is 589 g/mol. The van der Waals surface area contributed by atoms with E-state index < -0.39 is 22.1 Å². The molecule has 2 unspecified atom stereocenters. The highest BCUT2D eigenvalue weighted by Crippen LogP contribution is 2.36. The lowest BCUT2D eigenvalue weighted by Gasteiger charge is -2.28. The molecule has 1 aromatic carbocycles. The number of carbonyl (C=O) groups is 1. The van der Waals surface area contributed by atoms with E-state index in [0.717, 1.165) is 52.7 Å². The number of carboxylic acids is 1. The summed E-state index contributed by atoms with van der Waals surface area (Å²) in [5.74, 6) is 1.51. The van der Waals surface area contributed by atoms with Crippen LogP contribution in [0.1, 0.15) is 19.0 Å². The lowest BCUT2D eigenvalue weighted by molar-refractivity contribution is -0.145. The van der Waals surface area contributed by atoms with Crippen molar-refractivity contribution in [2.24, 2.45) is 4.99 Å². The zero-order valence-corrected chi connectivity index (χ0v) is 24.2. The number of nitrogens with zero attached hydrogens (tertiary/aromatic N) is 4. The molecule has 1 saturated heterocycles. The van der Waals surface area contributed by atoms with Crippen LogP contribution in [0.3, 0.4) is 0 Å². The van der Waals surface area contributed by atoms with Gasteiger partial charge in [-0.1, -0.05) is 24.8 Å². The van der Waals surface area contributed by atoms with Crippen LogP contribution in [0, 0.1) is 0 Å². The molecule has 0 amide bonds. The van der Waals surface area contributed by atoms with E-state index in [0.29, 0.717) is 21.8 Å². The first-order chi connectivity index (χ1) is 18.8. The zero-order chi connectivity index (χ0) is 27.6. The second-order valence-corrected chi connectivity index (χ2v) is 13.8. The summed E-state index contributed by atoms with van der Waals surface area (Å²) in [6, 6.07) is 9.90. The second-order valence-electron chi connectivity index (χ2n) is 9.38. The number of thioether (sulfide) groups is 2. The Kier molecular flexibility index (Phi) is 8.40. The summed E-state index contributed by atoms with van der Waals surface area (Å²) in [6.45, 7) is 5.63. The number of hydrogen-bond acceptors (Lipinski definition) is 9. The fraction of sp³-hybridized carbons (Fsp3) is 0.423. The second kappa shape index (κ2) is 11.8. The van der Waals surface area contributed by atoms with E-state index in [4.69, 9.17) is 9.73 Å². The van der Waals surface area contributed by atoms with Crippen molar-refractivity contribution in [2.75, 3.05) is 49.0 Å². The number of nitrogens with one attached hydrogen (secondary N) is 1. The first-order valence-corrected chi connectivity index (χ1v) is 16.2. The Morgan fingerprint density at radius 3 is 2.77 bits per heavy atom. The van der Waals surface area contributed by atoms with Crippen LogP contribution in [0.2, 0.25) is 0 Å². The number of fused-ring (bicyclic) bond motifs is 1. The Bertz CT molecular complexity index is 1470. The Morgan fingerprint density at radius 1 is 1.28 bits per heavy atom. The number of sulfonamides is 1. The fourth-order valence-corrected chi connectivity index (χ4v) is 7.85. The Balaban J connectivity index is 1.48. The summed E-state index contributed by atoms with van der Waals surface area (Å²) < 4.78 is 33.8. The standard InChI is InChI=1S/C26H31N5O5S3/c1-3-22(26(32)33)36-18-12-17-13-20(25-28-15-19(38-25)16-31-8-10-37-11-9-31)29-24(17)21(14-18)30(2)39(34,35)23-6-4-5-7-27-23/h4-7,12-14,19,22,29H,3,8-11,15-16H2,1-2H3,(H,32,33). The van der Waals surface area contributed by atoms with E-state index >= 15 is 0 Å². The number of aromatic amines is 1. The van der Waals surface area contributed by atoms with Crippen LogP contribution in [0.5, 0.6) is 5.75 Å². The number of anilines is 1. The number of aliphatic imine (C=N–C) groups is 1. The molecule has 2 N–H and O–H groups in total. The first-order valence-electron chi connectivity index (χ1n) is 12.7. The van der Waals surface area contributed by atoms with E-state index in [1.807, 2.05) is 17.8 Å². The topological polar surface area (TPSA) is 128 Å². The number of aromatic nitrogens is 2. The quantitative estimate of drug-likeness (QED) is 0.365. The van der Waals surface area contributed by atoms with Crippen molar-refractivity contribution in [3.8, 4) is 5.75 Å². The third-order valence-corrected chi connectivity index (χ3v) is 10.6. The molecule has 5 rings (SSSR count). The van der Waals surface area contributed by atoms with E-state index in [1.54, 1.807) is 43.0 Å². The van der Waals surface area contributed by atoms with Crippen LogP contribution in [0.4, 0.5) is 5.69 Å². The summed E-state index contributed by atoms with van der Waals surface area (Å²) in [6.07, 6.45) is 0.624. The minimum absolute atomic E-state index is 0.0922. The molecule has 0 spiro atoms. The van der Waals surface area contributed by atoms with Gasteiger partial charge in [0.2, 0.25) is 0 Å². The molecule has 2 atom stereocenters. The Morgan fingerprint density at radius 2 is 2.08 bits per heavy atom. The average molecular weight is 590 g/mol. The molecule has 10 nitrogen and oxygen atoms in total. The molecule has 0 radical (unpaired) electrons. The van der Waals surface area contributed by atoms with Gasteiger partial charge in [-0.3, -0.25) is 9.30 Å². The summed E-state index contributed by atoms with van der Waals surface area (Å²) in [5.41, 5.74) is 1.70. The molecule has 13 heteroatoms. The van der Waals surface area contributed by atoms with Crippen LogP contribution in [0.15, 0.2) is 52.6 Å². The molecule has 0 bridgehead atoms. The first kappa shape index (κ1) is 27.8. The van der Waals surface area contributed by atoms with Crippen molar-refractivity contribution in [1.82, 2.24) is 14.9 Å². The Labute approximate surface area is 236 Å². The maximum atomic E-state index is 13.4. The largest absolute Gasteiger partial charge is 0.479 e. The number of carboxylic acid groups (broad SMARTS) is 1. The van der Waals surface area contributed by atoms with Gasteiger partial charge in [-0.2, -0.15) is 20.2 Å². The number of ether oxygens (including phenoxy) is 1. The fourth-order valence-electron chi connectivity index (χ4n) is 4.60. The van der Waals surface area contributed by atoms with Gasteiger partial charge >= 0.3 is 5.97 Å². The van der Waals surface area contributed by atoms with Gasteiger partial charge in [0.1, 0.15) is 10.8 Å². The van der Waals surface area contributed by atoms with E-state index in [9.17, 15) is 18.3 Å². The van der Waals surface area contributed by atoms with Gasteiger partial charge in [0.05, 0.1) is 23.4 Å². The number of H-pyrrole nitrogens is 1. The zero-order valence-electron chi connectivity index (χ0n) is 21.7. The molecule has 2 aliphatic heterocycles. The summed E-state index contributed by atoms with van der Waals surface area (Å²) in [7, 11) is -2.55. The molecule has 2 aliphatic rings. The van der Waals surface area contributed by atoms with Gasteiger partial charge < -0.3 is 19.7 Å². The van der Waals surface area contributed by atoms with E-state index in [-0.39, 0.29) is 17.2 Å². The predicted molar refractivity (Wildman–Crippen MR) is 157 cm³/mol. The molecule has 39 heavy (non-hydrogen) atoms. The molecule has 3 aromatic rings. The maximum Gasteiger partial charge on any atom is 0.344 e. The SMILES string of the molecule is CCC(Oc1cc(N(C)S(=O)(=O)c2ccccn2)c2[nH]c(C3=NCC(CN4CCSCC4)S3)cc2c1)C(=O)O.